The van der Waals surface area contributed by atoms with Crippen LogP contribution in [0.1, 0.15) is 70.6 Å². The Morgan fingerprint density at radius 2 is 1.34 bits per heavy atom. The first-order valence-electron chi connectivity index (χ1n) is 10.5. The third-order valence-electron chi connectivity index (χ3n) is 5.65. The van der Waals surface area contributed by atoms with Gasteiger partial charge in [-0.25, -0.2) is 4.90 Å². The molecule has 0 spiro atoms. The highest BCUT2D eigenvalue weighted by Gasteiger charge is 2.40. The van der Waals surface area contributed by atoms with E-state index in [4.69, 9.17) is 34.8 Å². The first-order chi connectivity index (χ1) is 14.0. The number of nitrogens with one attached hydrogen (secondary N) is 1. The van der Waals surface area contributed by atoms with Crippen LogP contribution in [-0.4, -0.2) is 17.9 Å². The van der Waals surface area contributed by atoms with Gasteiger partial charge in [0.15, 0.2) is 0 Å². The van der Waals surface area contributed by atoms with Gasteiger partial charge in [-0.05, 0) is 25.0 Å². The summed E-state index contributed by atoms with van der Waals surface area (Å²) < 4.78 is 0. The summed E-state index contributed by atoms with van der Waals surface area (Å²) in [7, 11) is 0. The molecule has 1 aliphatic heterocycles. The van der Waals surface area contributed by atoms with E-state index in [0.29, 0.717) is 0 Å². The van der Waals surface area contributed by atoms with Crippen molar-refractivity contribution in [2.24, 2.45) is 0 Å². The van der Waals surface area contributed by atoms with Gasteiger partial charge in [-0.15, -0.1) is 0 Å². The van der Waals surface area contributed by atoms with Crippen molar-refractivity contribution in [3.63, 3.8) is 0 Å². The summed E-state index contributed by atoms with van der Waals surface area (Å²) in [5.41, 5.74) is 0.424. The zero-order chi connectivity index (χ0) is 20.8. The summed E-state index contributed by atoms with van der Waals surface area (Å²) in [5.74, 6) is -1.05. The van der Waals surface area contributed by atoms with Gasteiger partial charge in [-0.2, -0.15) is 0 Å². The molecule has 1 N–H and O–H groups in total. The number of nitrogens with zero attached hydrogens (tertiary/aromatic N) is 1. The number of carbonyl (C=O) groups excluding carboxylic acids is 2. The molecule has 0 aromatic heterocycles. The number of imide groups is 1. The molecule has 0 atom stereocenters. The molecule has 158 valence electrons. The van der Waals surface area contributed by atoms with Crippen LogP contribution in [0.5, 0.6) is 0 Å². The molecule has 1 aromatic rings. The second kappa shape index (κ2) is 10.7. The number of hydrogen-bond acceptors (Lipinski definition) is 3. The van der Waals surface area contributed by atoms with Crippen LogP contribution >= 0.6 is 34.8 Å². The standard InChI is InChI=1S/C22H27Cl3N2O2/c23-16-13-10-14-17(18(16)24)27-21(28)19(25)20(22(27)29)26-15-11-8-6-4-2-1-3-5-7-9-12-15/h10,13-15,26H,1-9,11-12H2. The average Bonchev–Trinajstić information content (AvgIpc) is 2.89. The molecule has 0 saturated heterocycles. The Bertz CT molecular complexity index is 782. The fourth-order valence-electron chi connectivity index (χ4n) is 4.02. The first kappa shape index (κ1) is 22.5. The topological polar surface area (TPSA) is 49.4 Å². The van der Waals surface area contributed by atoms with Crippen LogP contribution in [0.25, 0.3) is 0 Å². The molecular formula is C22H27Cl3N2O2. The summed E-state index contributed by atoms with van der Waals surface area (Å²) >= 11 is 18.6. The van der Waals surface area contributed by atoms with Crippen LogP contribution in [0, 0.1) is 0 Å². The third-order valence-corrected chi connectivity index (χ3v) is 6.81. The van der Waals surface area contributed by atoms with Crippen molar-refractivity contribution in [2.45, 2.75) is 76.7 Å². The normalized spacial score (nSPS) is 20.6. The number of benzene rings is 1. The number of hydrogen-bond donors (Lipinski definition) is 1. The highest BCUT2D eigenvalue weighted by Crippen LogP contribution is 2.37. The Morgan fingerprint density at radius 1 is 0.793 bits per heavy atom. The smallest absolute Gasteiger partial charge is 0.283 e. The van der Waals surface area contributed by atoms with E-state index in [1.165, 1.54) is 44.9 Å². The molecule has 3 rings (SSSR count). The van der Waals surface area contributed by atoms with Gasteiger partial charge in [0.2, 0.25) is 0 Å². The summed E-state index contributed by atoms with van der Waals surface area (Å²) in [6.45, 7) is 0. The number of anilines is 1. The minimum atomic E-state index is -0.573. The van der Waals surface area contributed by atoms with E-state index in [1.807, 2.05) is 0 Å². The van der Waals surface area contributed by atoms with E-state index in [0.717, 1.165) is 30.6 Å². The van der Waals surface area contributed by atoms with Crippen molar-refractivity contribution in [3.05, 3.63) is 39.0 Å². The average molecular weight is 458 g/mol. The molecule has 7 heteroatoms. The molecule has 29 heavy (non-hydrogen) atoms. The van der Waals surface area contributed by atoms with Gasteiger partial charge in [-0.1, -0.05) is 98.7 Å². The molecular weight excluding hydrogens is 431 g/mol. The lowest BCUT2D eigenvalue weighted by molar-refractivity contribution is -0.120. The summed E-state index contributed by atoms with van der Waals surface area (Å²) in [4.78, 5) is 26.8. The molecule has 0 bridgehead atoms. The van der Waals surface area contributed by atoms with E-state index < -0.39 is 11.8 Å². The lowest BCUT2D eigenvalue weighted by Crippen LogP contribution is -2.37. The molecule has 0 unspecified atom stereocenters. The maximum atomic E-state index is 13.0. The predicted octanol–water partition coefficient (Wildman–Crippen LogP) is 6.58. The summed E-state index contributed by atoms with van der Waals surface area (Å²) in [6, 6.07) is 4.98. The van der Waals surface area contributed by atoms with Crippen molar-refractivity contribution in [1.29, 1.82) is 0 Å². The van der Waals surface area contributed by atoms with Gasteiger partial charge in [-0.3, -0.25) is 9.59 Å². The number of halogens is 3. The Kier molecular flexibility index (Phi) is 8.28. The second-order valence-corrected chi connectivity index (χ2v) is 8.97. The van der Waals surface area contributed by atoms with Crippen LogP contribution in [0.4, 0.5) is 5.69 Å². The van der Waals surface area contributed by atoms with Crippen molar-refractivity contribution in [1.82, 2.24) is 5.32 Å². The zero-order valence-corrected chi connectivity index (χ0v) is 18.8. The van der Waals surface area contributed by atoms with Gasteiger partial charge >= 0.3 is 0 Å². The highest BCUT2D eigenvalue weighted by molar-refractivity contribution is 6.54. The van der Waals surface area contributed by atoms with Gasteiger partial charge in [0.05, 0.1) is 15.7 Å². The Labute approximate surface area is 187 Å². The van der Waals surface area contributed by atoms with Gasteiger partial charge < -0.3 is 5.32 Å². The van der Waals surface area contributed by atoms with Gasteiger partial charge in [0.1, 0.15) is 10.7 Å². The van der Waals surface area contributed by atoms with Crippen LogP contribution in [0.15, 0.2) is 28.9 Å². The second-order valence-electron chi connectivity index (χ2n) is 7.81. The van der Waals surface area contributed by atoms with Crippen molar-refractivity contribution >= 4 is 52.3 Å². The third kappa shape index (κ3) is 5.48. The molecule has 2 aliphatic rings. The molecule has 1 aromatic carbocycles. The van der Waals surface area contributed by atoms with Gasteiger partial charge in [0, 0.05) is 6.04 Å². The van der Waals surface area contributed by atoms with Crippen LogP contribution in [0.2, 0.25) is 10.0 Å². The highest BCUT2D eigenvalue weighted by atomic mass is 35.5. The van der Waals surface area contributed by atoms with E-state index in [1.54, 1.807) is 18.2 Å². The van der Waals surface area contributed by atoms with Gasteiger partial charge in [0.25, 0.3) is 11.8 Å². The molecule has 1 aliphatic carbocycles. The van der Waals surface area contributed by atoms with Crippen molar-refractivity contribution in [3.8, 4) is 0 Å². The minimum Gasteiger partial charge on any atom is -0.376 e. The lowest BCUT2D eigenvalue weighted by Gasteiger charge is -2.22. The Morgan fingerprint density at radius 3 is 1.93 bits per heavy atom. The predicted molar refractivity (Wildman–Crippen MR) is 120 cm³/mol. The maximum Gasteiger partial charge on any atom is 0.283 e. The summed E-state index contributed by atoms with van der Waals surface area (Å²) in [5, 5.41) is 3.65. The number of carbonyl (C=O) groups is 2. The van der Waals surface area contributed by atoms with Crippen LogP contribution in [0.3, 0.4) is 0 Å². The molecule has 1 heterocycles. The van der Waals surface area contributed by atoms with E-state index in [-0.39, 0.29) is 32.5 Å². The van der Waals surface area contributed by atoms with Crippen molar-refractivity contribution in [2.75, 3.05) is 4.90 Å². The minimum absolute atomic E-state index is 0.0860. The van der Waals surface area contributed by atoms with E-state index >= 15 is 0 Å². The van der Waals surface area contributed by atoms with E-state index in [2.05, 4.69) is 5.32 Å². The monoisotopic (exact) mass is 456 g/mol. The molecule has 1 fully saturated rings. The largest absolute Gasteiger partial charge is 0.376 e. The molecule has 4 nitrogen and oxygen atoms in total. The van der Waals surface area contributed by atoms with Crippen LogP contribution in [-0.2, 0) is 9.59 Å². The number of amides is 2. The fourth-order valence-corrected chi connectivity index (χ4v) is 4.62. The number of rotatable bonds is 3. The molecule has 1 saturated carbocycles. The zero-order valence-electron chi connectivity index (χ0n) is 16.5. The van der Waals surface area contributed by atoms with E-state index in [9.17, 15) is 9.59 Å². The lowest BCUT2D eigenvalue weighted by atomic mass is 9.98. The first-order valence-corrected chi connectivity index (χ1v) is 11.6. The van der Waals surface area contributed by atoms with Crippen LogP contribution < -0.4 is 10.2 Å². The van der Waals surface area contributed by atoms with Crippen molar-refractivity contribution < 1.29 is 9.59 Å². The Balaban J connectivity index is 1.74. The fraction of sp³-hybridized carbons (Fsp3) is 0.545. The summed E-state index contributed by atoms with van der Waals surface area (Å²) in [6.07, 6.45) is 13.0. The molecule has 2 amide bonds. The maximum absolute atomic E-state index is 13.0. The quantitative estimate of drug-likeness (QED) is 0.521. The SMILES string of the molecule is O=C1C(Cl)=C(NC2CCCCCCCCCCC2)C(=O)N1c1cccc(Cl)c1Cl. The Hall–Kier alpha value is -1.23. The molecule has 0 radical (unpaired) electrons.